The molecule has 5 nitrogen and oxygen atoms in total. The number of hydrogen-bond acceptors (Lipinski definition) is 4. The van der Waals surface area contributed by atoms with Gasteiger partial charge in [-0.1, -0.05) is 0 Å². The molecule has 0 saturated carbocycles. The first kappa shape index (κ1) is 18.2. The molecule has 0 spiro atoms. The van der Waals surface area contributed by atoms with Crippen LogP contribution in [0.1, 0.15) is 42.5 Å². The van der Waals surface area contributed by atoms with E-state index < -0.39 is 0 Å². The number of benzene rings is 1. The van der Waals surface area contributed by atoms with Gasteiger partial charge in [-0.25, -0.2) is 0 Å². The number of rotatable bonds is 7. The largest absolute Gasteiger partial charge is 0.491 e. The molecule has 2 saturated heterocycles. The summed E-state index contributed by atoms with van der Waals surface area (Å²) >= 11 is 0. The summed E-state index contributed by atoms with van der Waals surface area (Å²) in [6, 6.07) is 7.53. The Morgan fingerprint density at radius 2 is 2.00 bits per heavy atom. The van der Waals surface area contributed by atoms with Crippen LogP contribution in [0.25, 0.3) is 0 Å². The van der Waals surface area contributed by atoms with Gasteiger partial charge in [0.2, 0.25) is 0 Å². The molecule has 1 aromatic carbocycles. The molecule has 138 valence electrons. The Morgan fingerprint density at radius 1 is 1.24 bits per heavy atom. The van der Waals surface area contributed by atoms with Crippen molar-refractivity contribution in [2.75, 3.05) is 39.9 Å². The number of piperidine rings is 1. The Balaban J connectivity index is 1.46. The third-order valence-electron chi connectivity index (χ3n) is 5.27. The van der Waals surface area contributed by atoms with Gasteiger partial charge in [0.25, 0.3) is 5.91 Å². The van der Waals surface area contributed by atoms with Crippen LogP contribution >= 0.6 is 0 Å². The lowest BCUT2D eigenvalue weighted by Gasteiger charge is -2.32. The van der Waals surface area contributed by atoms with Crippen LogP contribution in [0.2, 0.25) is 0 Å². The van der Waals surface area contributed by atoms with Gasteiger partial charge in [-0.2, -0.15) is 0 Å². The maximum Gasteiger partial charge on any atom is 0.253 e. The van der Waals surface area contributed by atoms with Crippen molar-refractivity contribution in [1.82, 2.24) is 10.2 Å². The zero-order valence-electron chi connectivity index (χ0n) is 15.2. The quantitative estimate of drug-likeness (QED) is 0.825. The van der Waals surface area contributed by atoms with Crippen LogP contribution in [-0.2, 0) is 4.74 Å². The molecule has 1 atom stereocenters. The van der Waals surface area contributed by atoms with Crippen molar-refractivity contribution in [1.29, 1.82) is 0 Å². The molecule has 3 rings (SSSR count). The van der Waals surface area contributed by atoms with Crippen LogP contribution in [0.4, 0.5) is 0 Å². The second kappa shape index (κ2) is 9.20. The van der Waals surface area contributed by atoms with Crippen LogP contribution < -0.4 is 10.1 Å². The van der Waals surface area contributed by atoms with Crippen molar-refractivity contribution in [3.63, 3.8) is 0 Å². The predicted octanol–water partition coefficient (Wildman–Crippen LogP) is 2.71. The van der Waals surface area contributed by atoms with E-state index in [2.05, 4.69) is 5.32 Å². The van der Waals surface area contributed by atoms with Crippen molar-refractivity contribution >= 4 is 5.91 Å². The number of likely N-dealkylation sites (tertiary alicyclic amines) is 1. The summed E-state index contributed by atoms with van der Waals surface area (Å²) in [5.41, 5.74) is 0.748. The van der Waals surface area contributed by atoms with Gasteiger partial charge in [0.1, 0.15) is 12.4 Å². The Hall–Kier alpha value is -1.59. The van der Waals surface area contributed by atoms with Crippen LogP contribution in [-0.4, -0.2) is 56.8 Å². The fraction of sp³-hybridized carbons (Fsp3) is 0.650. The van der Waals surface area contributed by atoms with Gasteiger partial charge in [0, 0.05) is 25.3 Å². The normalized spacial score (nSPS) is 21.5. The van der Waals surface area contributed by atoms with Crippen LogP contribution in [0, 0.1) is 5.92 Å². The summed E-state index contributed by atoms with van der Waals surface area (Å²) in [5.74, 6) is 1.68. The lowest BCUT2D eigenvalue weighted by molar-refractivity contribution is 0.0673. The summed E-state index contributed by atoms with van der Waals surface area (Å²) in [6.07, 6.45) is 5.82. The van der Waals surface area contributed by atoms with Gasteiger partial charge in [0.15, 0.2) is 0 Å². The monoisotopic (exact) mass is 346 g/mol. The topological polar surface area (TPSA) is 50.8 Å². The van der Waals surface area contributed by atoms with Gasteiger partial charge in [-0.3, -0.25) is 4.79 Å². The Kier molecular flexibility index (Phi) is 6.70. The Bertz CT molecular complexity index is 532. The molecule has 1 aromatic rings. The summed E-state index contributed by atoms with van der Waals surface area (Å²) < 4.78 is 11.3. The predicted molar refractivity (Wildman–Crippen MR) is 98.1 cm³/mol. The van der Waals surface area contributed by atoms with Crippen LogP contribution in [0.15, 0.2) is 24.3 Å². The average molecular weight is 346 g/mol. The Morgan fingerprint density at radius 3 is 2.64 bits per heavy atom. The lowest BCUT2D eigenvalue weighted by atomic mass is 9.93. The van der Waals surface area contributed by atoms with E-state index in [0.29, 0.717) is 6.61 Å². The molecule has 2 aliphatic rings. The van der Waals surface area contributed by atoms with Crippen molar-refractivity contribution in [2.45, 2.75) is 38.2 Å². The zero-order valence-corrected chi connectivity index (χ0v) is 15.2. The summed E-state index contributed by atoms with van der Waals surface area (Å²) in [5, 5.41) is 3.21. The number of amides is 1. The Labute approximate surface area is 150 Å². The maximum absolute atomic E-state index is 12.7. The van der Waals surface area contributed by atoms with E-state index in [1.807, 2.05) is 36.2 Å². The summed E-state index contributed by atoms with van der Waals surface area (Å²) in [6.45, 7) is 4.22. The molecule has 2 fully saturated rings. The van der Waals surface area contributed by atoms with E-state index in [0.717, 1.165) is 69.2 Å². The lowest BCUT2D eigenvalue weighted by Crippen LogP contribution is -2.38. The number of ether oxygens (including phenoxy) is 2. The summed E-state index contributed by atoms with van der Waals surface area (Å²) in [7, 11) is 1.99. The van der Waals surface area contributed by atoms with Crippen molar-refractivity contribution in [3.05, 3.63) is 29.8 Å². The molecule has 0 aliphatic carbocycles. The number of carbonyl (C=O) groups excluding carboxylic acids is 1. The maximum atomic E-state index is 12.7. The highest BCUT2D eigenvalue weighted by Gasteiger charge is 2.23. The van der Waals surface area contributed by atoms with Crippen molar-refractivity contribution in [2.24, 2.45) is 5.92 Å². The first-order valence-electron chi connectivity index (χ1n) is 9.54. The smallest absolute Gasteiger partial charge is 0.253 e. The number of nitrogens with one attached hydrogen (secondary N) is 1. The third kappa shape index (κ3) is 5.19. The van der Waals surface area contributed by atoms with Gasteiger partial charge in [-0.15, -0.1) is 0 Å². The summed E-state index contributed by atoms with van der Waals surface area (Å²) in [4.78, 5) is 14.6. The highest BCUT2D eigenvalue weighted by atomic mass is 16.5. The molecule has 0 radical (unpaired) electrons. The molecule has 1 N–H and O–H groups in total. The molecule has 25 heavy (non-hydrogen) atoms. The van der Waals surface area contributed by atoms with E-state index in [-0.39, 0.29) is 12.0 Å². The van der Waals surface area contributed by atoms with E-state index in [1.54, 1.807) is 0 Å². The molecular weight excluding hydrogens is 316 g/mol. The van der Waals surface area contributed by atoms with Crippen molar-refractivity contribution < 1.29 is 14.3 Å². The van der Waals surface area contributed by atoms with Gasteiger partial charge in [0.05, 0.1) is 6.10 Å². The number of nitrogens with zero attached hydrogens (tertiary/aromatic N) is 1. The van der Waals surface area contributed by atoms with Gasteiger partial charge < -0.3 is 19.7 Å². The van der Waals surface area contributed by atoms with Crippen molar-refractivity contribution in [3.8, 4) is 5.75 Å². The molecular formula is C20H30N2O3. The average Bonchev–Trinajstić information content (AvgIpc) is 3.19. The van der Waals surface area contributed by atoms with Gasteiger partial charge >= 0.3 is 0 Å². The fourth-order valence-corrected chi connectivity index (χ4v) is 3.61. The SMILES string of the molecule is CNCCC1CCN(C(=O)c2ccc(OCC3CCCO3)cc2)CC1. The zero-order chi connectivity index (χ0) is 17.5. The molecule has 1 unspecified atom stereocenters. The highest BCUT2D eigenvalue weighted by Crippen LogP contribution is 2.22. The first-order chi connectivity index (χ1) is 12.3. The van der Waals surface area contributed by atoms with E-state index >= 15 is 0 Å². The molecule has 0 bridgehead atoms. The minimum atomic E-state index is 0.137. The fourth-order valence-electron chi connectivity index (χ4n) is 3.61. The molecule has 1 amide bonds. The second-order valence-electron chi connectivity index (χ2n) is 7.10. The van der Waals surface area contributed by atoms with E-state index in [4.69, 9.17) is 9.47 Å². The number of carbonyl (C=O) groups is 1. The molecule has 5 heteroatoms. The molecule has 2 heterocycles. The molecule has 2 aliphatic heterocycles. The number of hydrogen-bond donors (Lipinski definition) is 1. The standard InChI is InChI=1S/C20H30N2O3/c1-21-11-8-16-9-12-22(13-10-16)20(23)17-4-6-18(7-5-17)25-15-19-3-2-14-24-19/h4-7,16,19,21H,2-3,8-15H2,1H3. The van der Waals surface area contributed by atoms with Crippen LogP contribution in [0.5, 0.6) is 5.75 Å². The minimum absolute atomic E-state index is 0.137. The second-order valence-corrected chi connectivity index (χ2v) is 7.10. The van der Waals surface area contributed by atoms with E-state index in [1.165, 1.54) is 6.42 Å². The van der Waals surface area contributed by atoms with Gasteiger partial charge in [-0.05, 0) is 75.9 Å². The third-order valence-corrected chi connectivity index (χ3v) is 5.27. The molecule has 0 aromatic heterocycles. The first-order valence-corrected chi connectivity index (χ1v) is 9.54. The van der Waals surface area contributed by atoms with Crippen LogP contribution in [0.3, 0.4) is 0 Å². The van der Waals surface area contributed by atoms with E-state index in [9.17, 15) is 4.79 Å². The minimum Gasteiger partial charge on any atom is -0.491 e. The highest BCUT2D eigenvalue weighted by molar-refractivity contribution is 5.94.